The number of hydrogen-bond donors (Lipinski definition) is 1. The molecule has 0 bridgehead atoms. The van der Waals surface area contributed by atoms with Gasteiger partial charge in [-0.25, -0.2) is 9.67 Å². The number of benzene rings is 3. The molecule has 0 radical (unpaired) electrons. The normalized spacial score (nSPS) is 10.6. The van der Waals surface area contributed by atoms with Gasteiger partial charge in [-0.05, 0) is 43.3 Å². The summed E-state index contributed by atoms with van der Waals surface area (Å²) < 4.78 is 6.89. The molecular formula is C23H20N4O2. The molecule has 0 unspecified atom stereocenters. The summed E-state index contributed by atoms with van der Waals surface area (Å²) in [7, 11) is 1.62. The second-order valence-electron chi connectivity index (χ2n) is 6.56. The molecule has 0 saturated heterocycles. The Morgan fingerprint density at radius 2 is 1.62 bits per heavy atom. The van der Waals surface area contributed by atoms with Gasteiger partial charge in [0, 0.05) is 11.3 Å². The van der Waals surface area contributed by atoms with Crippen molar-refractivity contribution < 1.29 is 9.53 Å². The summed E-state index contributed by atoms with van der Waals surface area (Å²) in [6.07, 6.45) is 0. The van der Waals surface area contributed by atoms with Crippen LogP contribution in [0.5, 0.6) is 5.75 Å². The third-order valence-corrected chi connectivity index (χ3v) is 4.47. The van der Waals surface area contributed by atoms with E-state index in [1.54, 1.807) is 11.8 Å². The highest BCUT2D eigenvalue weighted by Crippen LogP contribution is 2.23. The lowest BCUT2D eigenvalue weighted by Crippen LogP contribution is -2.14. The molecule has 3 aromatic carbocycles. The van der Waals surface area contributed by atoms with Gasteiger partial charge < -0.3 is 10.1 Å². The van der Waals surface area contributed by atoms with Gasteiger partial charge in [0.05, 0.1) is 12.8 Å². The van der Waals surface area contributed by atoms with E-state index in [0.29, 0.717) is 11.5 Å². The summed E-state index contributed by atoms with van der Waals surface area (Å²) in [4.78, 5) is 17.3. The van der Waals surface area contributed by atoms with Gasteiger partial charge in [-0.1, -0.05) is 48.0 Å². The monoisotopic (exact) mass is 384 g/mol. The predicted molar refractivity (Wildman–Crippen MR) is 112 cm³/mol. The minimum Gasteiger partial charge on any atom is -0.497 e. The van der Waals surface area contributed by atoms with E-state index in [2.05, 4.69) is 15.4 Å². The minimum absolute atomic E-state index is 0.0975. The maximum absolute atomic E-state index is 12.8. The summed E-state index contributed by atoms with van der Waals surface area (Å²) in [5.41, 5.74) is 3.47. The zero-order valence-electron chi connectivity index (χ0n) is 16.2. The Balaban J connectivity index is 1.72. The molecule has 0 aliphatic heterocycles. The molecule has 0 fully saturated rings. The molecule has 6 nitrogen and oxygen atoms in total. The number of carbonyl (C=O) groups is 1. The van der Waals surface area contributed by atoms with Crippen molar-refractivity contribution in [2.24, 2.45) is 0 Å². The number of methoxy groups -OCH3 is 1. The molecule has 4 aromatic rings. The van der Waals surface area contributed by atoms with Crippen molar-refractivity contribution in [3.05, 3.63) is 90.3 Å². The molecule has 1 N–H and O–H groups in total. The molecular weight excluding hydrogens is 364 g/mol. The van der Waals surface area contributed by atoms with Crippen LogP contribution in [0.25, 0.3) is 17.1 Å². The van der Waals surface area contributed by atoms with Gasteiger partial charge in [0.25, 0.3) is 5.91 Å². The SMILES string of the molecule is COc1ccc(-n2nc(C(=O)Nc3ccc(C)cc3)nc2-c2ccccc2)cc1. The lowest BCUT2D eigenvalue weighted by molar-refractivity contribution is 0.101. The molecule has 29 heavy (non-hydrogen) atoms. The number of rotatable bonds is 5. The number of anilines is 1. The first-order valence-corrected chi connectivity index (χ1v) is 9.19. The molecule has 6 heteroatoms. The third-order valence-electron chi connectivity index (χ3n) is 4.47. The Kier molecular flexibility index (Phi) is 5.07. The predicted octanol–water partition coefficient (Wildman–Crippen LogP) is 4.50. The number of ether oxygens (including phenoxy) is 1. The number of aryl methyl sites for hydroxylation is 1. The van der Waals surface area contributed by atoms with Gasteiger partial charge in [-0.15, -0.1) is 5.10 Å². The second kappa shape index (κ2) is 7.98. The molecule has 0 aliphatic carbocycles. The first kappa shape index (κ1) is 18.4. The van der Waals surface area contributed by atoms with Crippen molar-refractivity contribution >= 4 is 11.6 Å². The van der Waals surface area contributed by atoms with Gasteiger partial charge >= 0.3 is 0 Å². The number of hydrogen-bond acceptors (Lipinski definition) is 4. The van der Waals surface area contributed by atoms with Crippen molar-refractivity contribution in [2.45, 2.75) is 6.92 Å². The summed E-state index contributed by atoms with van der Waals surface area (Å²) in [6, 6.07) is 24.7. The van der Waals surface area contributed by atoms with E-state index in [1.165, 1.54) is 0 Å². The largest absolute Gasteiger partial charge is 0.497 e. The standard InChI is InChI=1S/C23H20N4O2/c1-16-8-10-18(11-9-16)24-23(28)21-25-22(17-6-4-3-5-7-17)27(26-21)19-12-14-20(29-2)15-13-19/h3-15H,1-2H3,(H,24,28). The van der Waals surface area contributed by atoms with Gasteiger partial charge in [0.2, 0.25) is 5.82 Å². The number of carbonyl (C=O) groups excluding carboxylic acids is 1. The topological polar surface area (TPSA) is 69.0 Å². The Bertz CT molecular complexity index is 1120. The van der Waals surface area contributed by atoms with Crippen molar-refractivity contribution in [1.29, 1.82) is 0 Å². The average molecular weight is 384 g/mol. The molecule has 0 spiro atoms. The van der Waals surface area contributed by atoms with Crippen LogP contribution in [0.3, 0.4) is 0 Å². The smallest absolute Gasteiger partial charge is 0.295 e. The van der Waals surface area contributed by atoms with E-state index in [9.17, 15) is 4.79 Å². The summed E-state index contributed by atoms with van der Waals surface area (Å²) in [5.74, 6) is 1.07. The Morgan fingerprint density at radius 1 is 0.931 bits per heavy atom. The van der Waals surface area contributed by atoms with E-state index in [4.69, 9.17) is 4.74 Å². The van der Waals surface area contributed by atoms with Crippen LogP contribution >= 0.6 is 0 Å². The Hall–Kier alpha value is -3.93. The van der Waals surface area contributed by atoms with Crippen LogP contribution in [0.1, 0.15) is 16.2 Å². The summed E-state index contributed by atoms with van der Waals surface area (Å²) in [6.45, 7) is 2.00. The number of aromatic nitrogens is 3. The fraction of sp³-hybridized carbons (Fsp3) is 0.0870. The van der Waals surface area contributed by atoms with E-state index in [-0.39, 0.29) is 11.7 Å². The van der Waals surface area contributed by atoms with Crippen molar-refractivity contribution in [2.75, 3.05) is 12.4 Å². The fourth-order valence-corrected chi connectivity index (χ4v) is 2.91. The zero-order chi connectivity index (χ0) is 20.2. The van der Waals surface area contributed by atoms with Crippen LogP contribution in [0.2, 0.25) is 0 Å². The highest BCUT2D eigenvalue weighted by Gasteiger charge is 2.19. The van der Waals surface area contributed by atoms with E-state index < -0.39 is 0 Å². The van der Waals surface area contributed by atoms with E-state index in [1.807, 2.05) is 85.8 Å². The van der Waals surface area contributed by atoms with Gasteiger partial charge in [0.1, 0.15) is 5.75 Å². The first-order chi connectivity index (χ1) is 14.1. The van der Waals surface area contributed by atoms with Crippen LogP contribution in [0.4, 0.5) is 5.69 Å². The van der Waals surface area contributed by atoms with E-state index in [0.717, 1.165) is 22.6 Å². The summed E-state index contributed by atoms with van der Waals surface area (Å²) >= 11 is 0. The van der Waals surface area contributed by atoms with Crippen molar-refractivity contribution in [3.8, 4) is 22.8 Å². The maximum atomic E-state index is 12.8. The van der Waals surface area contributed by atoms with Crippen LogP contribution in [-0.2, 0) is 0 Å². The van der Waals surface area contributed by atoms with Crippen molar-refractivity contribution in [1.82, 2.24) is 14.8 Å². The average Bonchev–Trinajstić information content (AvgIpc) is 3.22. The fourth-order valence-electron chi connectivity index (χ4n) is 2.91. The molecule has 144 valence electrons. The number of amides is 1. The van der Waals surface area contributed by atoms with Crippen molar-refractivity contribution in [3.63, 3.8) is 0 Å². The van der Waals surface area contributed by atoms with Crippen LogP contribution in [0, 0.1) is 6.92 Å². The highest BCUT2D eigenvalue weighted by atomic mass is 16.5. The van der Waals surface area contributed by atoms with Gasteiger partial charge in [-0.3, -0.25) is 4.79 Å². The zero-order valence-corrected chi connectivity index (χ0v) is 16.2. The molecule has 0 saturated carbocycles. The lowest BCUT2D eigenvalue weighted by Gasteiger charge is -2.07. The van der Waals surface area contributed by atoms with E-state index >= 15 is 0 Å². The number of nitrogens with zero attached hydrogens (tertiary/aromatic N) is 3. The molecule has 0 aliphatic rings. The lowest BCUT2D eigenvalue weighted by atomic mass is 10.2. The minimum atomic E-state index is -0.363. The Labute approximate surface area is 168 Å². The molecule has 4 rings (SSSR count). The first-order valence-electron chi connectivity index (χ1n) is 9.19. The second-order valence-corrected chi connectivity index (χ2v) is 6.56. The molecule has 0 atom stereocenters. The third kappa shape index (κ3) is 4.01. The highest BCUT2D eigenvalue weighted by molar-refractivity contribution is 6.01. The summed E-state index contributed by atoms with van der Waals surface area (Å²) in [5, 5.41) is 7.33. The van der Waals surface area contributed by atoms with Gasteiger partial charge in [-0.2, -0.15) is 0 Å². The Morgan fingerprint density at radius 3 is 2.28 bits per heavy atom. The van der Waals surface area contributed by atoms with Crippen LogP contribution < -0.4 is 10.1 Å². The maximum Gasteiger partial charge on any atom is 0.295 e. The molecule has 1 aromatic heterocycles. The number of nitrogens with one attached hydrogen (secondary N) is 1. The van der Waals surface area contributed by atoms with Gasteiger partial charge in [0.15, 0.2) is 5.82 Å². The van der Waals surface area contributed by atoms with Crippen LogP contribution in [-0.4, -0.2) is 27.8 Å². The molecule has 1 heterocycles. The molecule has 1 amide bonds. The quantitative estimate of drug-likeness (QED) is 0.550. The van der Waals surface area contributed by atoms with Crippen LogP contribution in [0.15, 0.2) is 78.9 Å².